The summed E-state index contributed by atoms with van der Waals surface area (Å²) in [5, 5.41) is 0.602. The van der Waals surface area contributed by atoms with Crippen LogP contribution in [0.3, 0.4) is 0 Å². The average molecular weight is 356 g/mol. The molecular weight excluding hydrogens is 330 g/mol. The number of ether oxygens (including phenoxy) is 4. The lowest BCUT2D eigenvalue weighted by atomic mass is 10.0. The van der Waals surface area contributed by atoms with E-state index in [1.165, 1.54) is 0 Å². The SMILES string of the molecule is CCCOc1c(Cl)cc(CN2CCOC3(CCOC3)C2)cc1OC. The van der Waals surface area contributed by atoms with Gasteiger partial charge in [-0.05, 0) is 24.1 Å². The Bertz CT molecular complexity index is 560. The van der Waals surface area contributed by atoms with Crippen LogP contribution in [0.4, 0.5) is 0 Å². The minimum absolute atomic E-state index is 0.129. The van der Waals surface area contributed by atoms with E-state index in [4.69, 9.17) is 30.5 Å². The predicted molar refractivity (Wildman–Crippen MR) is 93.2 cm³/mol. The van der Waals surface area contributed by atoms with Crippen LogP contribution in [0.15, 0.2) is 12.1 Å². The van der Waals surface area contributed by atoms with E-state index >= 15 is 0 Å². The minimum Gasteiger partial charge on any atom is -0.493 e. The van der Waals surface area contributed by atoms with Crippen molar-refractivity contribution in [1.82, 2.24) is 4.90 Å². The number of nitrogens with zero attached hydrogens (tertiary/aromatic N) is 1. The van der Waals surface area contributed by atoms with Crippen LogP contribution in [0.1, 0.15) is 25.3 Å². The number of hydrogen-bond donors (Lipinski definition) is 0. The van der Waals surface area contributed by atoms with Gasteiger partial charge in [0.1, 0.15) is 5.60 Å². The van der Waals surface area contributed by atoms with Crippen molar-refractivity contribution in [2.45, 2.75) is 31.9 Å². The highest BCUT2D eigenvalue weighted by molar-refractivity contribution is 6.32. The first-order valence-electron chi connectivity index (χ1n) is 8.59. The van der Waals surface area contributed by atoms with Crippen LogP contribution in [-0.4, -0.2) is 57.1 Å². The Morgan fingerprint density at radius 1 is 1.33 bits per heavy atom. The molecule has 2 aliphatic rings. The molecule has 5 nitrogen and oxygen atoms in total. The fourth-order valence-electron chi connectivity index (χ4n) is 3.35. The third-order valence-electron chi connectivity index (χ3n) is 4.54. The van der Waals surface area contributed by atoms with Crippen molar-refractivity contribution in [2.24, 2.45) is 0 Å². The second kappa shape index (κ2) is 7.91. The molecule has 2 fully saturated rings. The molecule has 0 N–H and O–H groups in total. The maximum atomic E-state index is 6.42. The molecule has 6 heteroatoms. The monoisotopic (exact) mass is 355 g/mol. The van der Waals surface area contributed by atoms with E-state index in [1.54, 1.807) is 7.11 Å². The Morgan fingerprint density at radius 2 is 2.21 bits per heavy atom. The average Bonchev–Trinajstić information content (AvgIpc) is 3.01. The fourth-order valence-corrected chi connectivity index (χ4v) is 3.64. The van der Waals surface area contributed by atoms with Gasteiger partial charge in [0.2, 0.25) is 0 Å². The second-order valence-corrected chi connectivity index (χ2v) is 6.91. The van der Waals surface area contributed by atoms with Gasteiger partial charge in [-0.25, -0.2) is 0 Å². The summed E-state index contributed by atoms with van der Waals surface area (Å²) in [5.41, 5.74) is 0.993. The number of halogens is 1. The zero-order valence-electron chi connectivity index (χ0n) is 14.5. The number of methoxy groups -OCH3 is 1. The van der Waals surface area contributed by atoms with Crippen molar-refractivity contribution in [2.75, 3.05) is 46.6 Å². The zero-order chi connectivity index (χ0) is 17.0. The molecule has 24 heavy (non-hydrogen) atoms. The van der Waals surface area contributed by atoms with Crippen molar-refractivity contribution >= 4 is 11.6 Å². The lowest BCUT2D eigenvalue weighted by molar-refractivity contribution is -0.111. The summed E-state index contributed by atoms with van der Waals surface area (Å²) < 4.78 is 22.7. The molecule has 1 aromatic rings. The molecule has 2 aliphatic heterocycles. The fraction of sp³-hybridized carbons (Fsp3) is 0.667. The van der Waals surface area contributed by atoms with Gasteiger partial charge >= 0.3 is 0 Å². The molecule has 1 aromatic carbocycles. The van der Waals surface area contributed by atoms with Crippen LogP contribution < -0.4 is 9.47 Å². The minimum atomic E-state index is -0.129. The van der Waals surface area contributed by atoms with E-state index in [-0.39, 0.29) is 5.60 Å². The van der Waals surface area contributed by atoms with Crippen molar-refractivity contribution in [3.8, 4) is 11.5 Å². The molecular formula is C18H26ClNO4. The summed E-state index contributed by atoms with van der Waals surface area (Å²) >= 11 is 6.42. The van der Waals surface area contributed by atoms with Crippen LogP contribution in [0, 0.1) is 0 Å². The van der Waals surface area contributed by atoms with Crippen LogP contribution in [-0.2, 0) is 16.0 Å². The Kier molecular flexibility index (Phi) is 5.87. The maximum absolute atomic E-state index is 6.42. The van der Waals surface area contributed by atoms with Crippen LogP contribution in [0.2, 0.25) is 5.02 Å². The Hall–Kier alpha value is -1.01. The highest BCUT2D eigenvalue weighted by Gasteiger charge is 2.40. The highest BCUT2D eigenvalue weighted by atomic mass is 35.5. The van der Waals surface area contributed by atoms with Gasteiger partial charge in [-0.15, -0.1) is 0 Å². The van der Waals surface area contributed by atoms with E-state index in [0.717, 1.165) is 51.3 Å². The lowest BCUT2D eigenvalue weighted by Gasteiger charge is -2.39. The van der Waals surface area contributed by atoms with Crippen LogP contribution >= 0.6 is 11.6 Å². The molecule has 2 saturated heterocycles. The van der Waals surface area contributed by atoms with E-state index in [2.05, 4.69) is 11.8 Å². The van der Waals surface area contributed by atoms with Gasteiger partial charge in [0.25, 0.3) is 0 Å². The molecule has 0 saturated carbocycles. The van der Waals surface area contributed by atoms with Gasteiger partial charge in [0, 0.05) is 32.7 Å². The second-order valence-electron chi connectivity index (χ2n) is 6.50. The number of hydrogen-bond acceptors (Lipinski definition) is 5. The first-order valence-corrected chi connectivity index (χ1v) is 8.97. The summed E-state index contributed by atoms with van der Waals surface area (Å²) in [6.07, 6.45) is 1.90. The summed E-state index contributed by atoms with van der Waals surface area (Å²) in [6, 6.07) is 3.99. The standard InChI is InChI=1S/C18H26ClNO4/c1-3-6-23-17-15(19)9-14(10-16(17)21-2)11-20-5-8-24-18(12-20)4-7-22-13-18/h9-10H,3-8,11-13H2,1-2H3. The zero-order valence-corrected chi connectivity index (χ0v) is 15.2. The van der Waals surface area contributed by atoms with Crippen molar-refractivity contribution in [3.05, 3.63) is 22.7 Å². The maximum Gasteiger partial charge on any atom is 0.179 e. The first kappa shape index (κ1) is 17.8. The molecule has 2 heterocycles. The Labute approximate surface area is 148 Å². The molecule has 134 valence electrons. The predicted octanol–water partition coefficient (Wildman–Crippen LogP) is 3.13. The molecule has 3 rings (SSSR count). The molecule has 1 atom stereocenters. The van der Waals surface area contributed by atoms with Gasteiger partial charge in [-0.1, -0.05) is 18.5 Å². The van der Waals surface area contributed by atoms with E-state index < -0.39 is 0 Å². The van der Waals surface area contributed by atoms with E-state index in [0.29, 0.717) is 29.7 Å². The largest absolute Gasteiger partial charge is 0.493 e. The summed E-state index contributed by atoms with van der Waals surface area (Å²) in [4.78, 5) is 2.40. The summed E-state index contributed by atoms with van der Waals surface area (Å²) in [7, 11) is 1.65. The molecule has 0 amide bonds. The van der Waals surface area contributed by atoms with E-state index in [1.807, 2.05) is 12.1 Å². The van der Waals surface area contributed by atoms with Gasteiger partial charge in [0.15, 0.2) is 11.5 Å². The van der Waals surface area contributed by atoms with Gasteiger partial charge in [0.05, 0.1) is 32.0 Å². The normalized spacial score (nSPS) is 24.5. The summed E-state index contributed by atoms with van der Waals surface area (Å²) in [6.45, 7) is 7.53. The van der Waals surface area contributed by atoms with Crippen LogP contribution in [0.25, 0.3) is 0 Å². The first-order chi connectivity index (χ1) is 11.7. The lowest BCUT2D eigenvalue weighted by Crippen LogP contribution is -2.51. The van der Waals surface area contributed by atoms with Crippen molar-refractivity contribution in [3.63, 3.8) is 0 Å². The van der Waals surface area contributed by atoms with Gasteiger partial charge in [-0.2, -0.15) is 0 Å². The molecule has 1 spiro atoms. The van der Waals surface area contributed by atoms with Gasteiger partial charge in [-0.3, -0.25) is 4.90 Å². The Balaban J connectivity index is 1.71. The number of benzene rings is 1. The van der Waals surface area contributed by atoms with Crippen molar-refractivity contribution in [1.29, 1.82) is 0 Å². The van der Waals surface area contributed by atoms with Crippen LogP contribution in [0.5, 0.6) is 11.5 Å². The molecule has 0 aromatic heterocycles. The number of morpholine rings is 1. The number of rotatable bonds is 6. The molecule has 1 unspecified atom stereocenters. The Morgan fingerprint density at radius 3 is 2.92 bits per heavy atom. The highest BCUT2D eigenvalue weighted by Crippen LogP contribution is 2.37. The third kappa shape index (κ3) is 3.97. The van der Waals surface area contributed by atoms with Crippen molar-refractivity contribution < 1.29 is 18.9 Å². The third-order valence-corrected chi connectivity index (χ3v) is 4.82. The summed E-state index contributed by atoms with van der Waals surface area (Å²) in [5.74, 6) is 1.32. The molecule has 0 radical (unpaired) electrons. The molecule has 0 aliphatic carbocycles. The van der Waals surface area contributed by atoms with E-state index in [9.17, 15) is 0 Å². The molecule has 0 bridgehead atoms. The smallest absolute Gasteiger partial charge is 0.179 e. The quantitative estimate of drug-likeness (QED) is 0.784. The van der Waals surface area contributed by atoms with Gasteiger partial charge < -0.3 is 18.9 Å². The topological polar surface area (TPSA) is 40.2 Å².